The van der Waals surface area contributed by atoms with E-state index in [0.29, 0.717) is 39.8 Å². The highest BCUT2D eigenvalue weighted by Crippen LogP contribution is 2.23. The van der Waals surface area contributed by atoms with Crippen LogP contribution in [0.2, 0.25) is 5.02 Å². The summed E-state index contributed by atoms with van der Waals surface area (Å²) in [5.74, 6) is -0.0388. The Labute approximate surface area is 201 Å². The summed E-state index contributed by atoms with van der Waals surface area (Å²) in [5, 5.41) is 13.2. The third-order valence-corrected chi connectivity index (χ3v) is 4.96. The molecule has 1 aromatic heterocycles. The Hall–Kier alpha value is -4.11. The number of aromatic nitrogens is 1. The minimum absolute atomic E-state index is 0.111. The van der Waals surface area contributed by atoms with Gasteiger partial charge in [0.15, 0.2) is 6.61 Å². The van der Waals surface area contributed by atoms with Crippen LogP contribution in [-0.4, -0.2) is 36.3 Å². The lowest BCUT2D eigenvalue weighted by molar-refractivity contribution is -0.122. The smallest absolute Gasteiger partial charge is 0.257 e. The van der Waals surface area contributed by atoms with Gasteiger partial charge in [-0.3, -0.25) is 20.0 Å². The molecule has 0 aliphatic rings. The molecule has 3 aromatic rings. The number of carbonyl (C=O) groups excluding carboxylic acids is 2. The van der Waals surface area contributed by atoms with Gasteiger partial charge in [0.25, 0.3) is 11.8 Å². The minimum atomic E-state index is -0.371. The Balaban J connectivity index is 1.70. The average molecular weight is 482 g/mol. The van der Waals surface area contributed by atoms with Crippen LogP contribution in [-0.2, 0) is 17.9 Å². The van der Waals surface area contributed by atoms with Gasteiger partial charge in [0, 0.05) is 47.7 Å². The van der Waals surface area contributed by atoms with Crippen LogP contribution in [0.15, 0.2) is 60.9 Å². The summed E-state index contributed by atoms with van der Waals surface area (Å²) < 4.78 is 11.3. The van der Waals surface area contributed by atoms with E-state index in [2.05, 4.69) is 15.6 Å². The molecule has 0 unspecified atom stereocenters. The molecule has 3 rings (SSSR count). The van der Waals surface area contributed by atoms with Gasteiger partial charge in [0.05, 0.1) is 0 Å². The number of nitrogens with zero attached hydrogens (tertiary/aromatic N) is 1. The molecule has 9 nitrogen and oxygen atoms in total. The Morgan fingerprint density at radius 1 is 1.06 bits per heavy atom. The Kier molecular flexibility index (Phi) is 8.42. The van der Waals surface area contributed by atoms with Gasteiger partial charge in [-0.15, -0.1) is 0 Å². The van der Waals surface area contributed by atoms with Gasteiger partial charge in [-0.1, -0.05) is 23.7 Å². The molecule has 34 heavy (non-hydrogen) atoms. The first-order valence-corrected chi connectivity index (χ1v) is 10.6. The second kappa shape index (κ2) is 11.7. The van der Waals surface area contributed by atoms with E-state index < -0.39 is 0 Å². The van der Waals surface area contributed by atoms with Crippen LogP contribution in [0, 0.1) is 5.41 Å². The normalized spacial score (nSPS) is 10.3. The Bertz CT molecular complexity index is 1190. The van der Waals surface area contributed by atoms with Gasteiger partial charge in [0.1, 0.15) is 23.9 Å². The van der Waals surface area contributed by atoms with E-state index in [1.54, 1.807) is 42.7 Å². The van der Waals surface area contributed by atoms with Crippen LogP contribution in [0.4, 0.5) is 0 Å². The third kappa shape index (κ3) is 6.94. The average Bonchev–Trinajstić information content (AvgIpc) is 2.84. The first kappa shape index (κ1) is 24.5. The topological polar surface area (TPSA) is 139 Å². The van der Waals surface area contributed by atoms with E-state index in [9.17, 15) is 9.59 Å². The molecule has 176 valence electrons. The maximum atomic E-state index is 12.8. The zero-order chi connectivity index (χ0) is 24.5. The molecule has 0 saturated carbocycles. The predicted octanol–water partition coefficient (Wildman–Crippen LogP) is 2.65. The molecular weight excluding hydrogens is 458 g/mol. The summed E-state index contributed by atoms with van der Waals surface area (Å²) in [7, 11) is 1.50. The summed E-state index contributed by atoms with van der Waals surface area (Å²) in [6.45, 7) is 0.198. The summed E-state index contributed by atoms with van der Waals surface area (Å²) in [4.78, 5) is 28.3. The number of nitrogens with one attached hydrogen (secondary N) is 3. The summed E-state index contributed by atoms with van der Waals surface area (Å²) >= 11 is 6.19. The lowest BCUT2D eigenvalue weighted by Gasteiger charge is -2.14. The van der Waals surface area contributed by atoms with E-state index in [1.807, 2.05) is 12.1 Å². The van der Waals surface area contributed by atoms with Crippen LogP contribution in [0.3, 0.4) is 0 Å². The van der Waals surface area contributed by atoms with Crippen LogP contribution in [0.25, 0.3) is 0 Å². The highest BCUT2D eigenvalue weighted by molar-refractivity contribution is 6.31. The van der Waals surface area contributed by atoms with E-state index in [0.717, 1.165) is 5.56 Å². The maximum absolute atomic E-state index is 12.8. The highest BCUT2D eigenvalue weighted by Gasteiger charge is 2.13. The van der Waals surface area contributed by atoms with E-state index in [-0.39, 0.29) is 30.8 Å². The molecule has 0 bridgehead atoms. The lowest BCUT2D eigenvalue weighted by Crippen LogP contribution is -2.26. The number of benzene rings is 2. The molecule has 2 aromatic carbocycles. The van der Waals surface area contributed by atoms with Crippen molar-refractivity contribution in [3.05, 3.63) is 88.2 Å². The standard InChI is InChI=1S/C24H24ClN5O4/c1-28-22(31)14-34-21-10-16(23(26)27)2-3-17(21)12-30-24(32)18-8-19(25)11-20(9-18)33-13-15-4-6-29-7-5-15/h2-11H,12-14H2,1H3,(H3,26,27)(H,28,31)(H,30,32). The van der Waals surface area contributed by atoms with Crippen LogP contribution < -0.4 is 25.8 Å². The molecule has 2 amide bonds. The van der Waals surface area contributed by atoms with E-state index >= 15 is 0 Å². The van der Waals surface area contributed by atoms with Crippen molar-refractivity contribution < 1.29 is 19.1 Å². The number of hydrogen-bond donors (Lipinski definition) is 4. The number of carbonyl (C=O) groups is 2. The molecule has 5 N–H and O–H groups in total. The number of nitrogen functional groups attached to an aromatic ring is 1. The van der Waals surface area contributed by atoms with Crippen molar-refractivity contribution in [3.63, 3.8) is 0 Å². The Morgan fingerprint density at radius 2 is 1.82 bits per heavy atom. The fourth-order valence-corrected chi connectivity index (χ4v) is 3.14. The van der Waals surface area contributed by atoms with Crippen molar-refractivity contribution in [2.75, 3.05) is 13.7 Å². The second-order valence-electron chi connectivity index (χ2n) is 7.20. The van der Waals surface area contributed by atoms with Gasteiger partial charge >= 0.3 is 0 Å². The summed E-state index contributed by atoms with van der Waals surface area (Å²) in [6, 6.07) is 13.3. The molecule has 10 heteroatoms. The SMILES string of the molecule is CNC(=O)COc1cc(C(=N)N)ccc1CNC(=O)c1cc(Cl)cc(OCc2ccncc2)c1. The van der Waals surface area contributed by atoms with Crippen LogP contribution >= 0.6 is 11.6 Å². The number of likely N-dealkylation sites (N-methyl/N-ethyl adjacent to an activating group) is 1. The number of amides is 2. The first-order chi connectivity index (χ1) is 16.4. The van der Waals surface area contributed by atoms with Crippen molar-refractivity contribution in [3.8, 4) is 11.5 Å². The molecule has 0 aliphatic heterocycles. The second-order valence-corrected chi connectivity index (χ2v) is 7.64. The molecule has 0 aliphatic carbocycles. The fraction of sp³-hybridized carbons (Fsp3) is 0.167. The van der Waals surface area contributed by atoms with E-state index in [1.165, 1.54) is 13.1 Å². The largest absolute Gasteiger partial charge is 0.489 e. The predicted molar refractivity (Wildman–Crippen MR) is 128 cm³/mol. The van der Waals surface area contributed by atoms with E-state index in [4.69, 9.17) is 32.2 Å². The van der Waals surface area contributed by atoms with Crippen molar-refractivity contribution in [2.24, 2.45) is 5.73 Å². The van der Waals surface area contributed by atoms with Gasteiger partial charge in [-0.05, 0) is 42.0 Å². The van der Waals surface area contributed by atoms with Crippen LogP contribution in [0.1, 0.15) is 27.0 Å². The van der Waals surface area contributed by atoms with Gasteiger partial charge < -0.3 is 25.8 Å². The first-order valence-electron chi connectivity index (χ1n) is 10.3. The Morgan fingerprint density at radius 3 is 2.53 bits per heavy atom. The van der Waals surface area contributed by atoms with Crippen molar-refractivity contribution in [2.45, 2.75) is 13.2 Å². The molecular formula is C24H24ClN5O4. The van der Waals surface area contributed by atoms with Crippen molar-refractivity contribution >= 4 is 29.3 Å². The number of hydrogen-bond acceptors (Lipinski definition) is 6. The molecule has 0 saturated heterocycles. The fourth-order valence-electron chi connectivity index (χ4n) is 2.92. The summed E-state index contributed by atoms with van der Waals surface area (Å²) in [6.07, 6.45) is 3.34. The molecule has 0 fully saturated rings. The number of nitrogens with two attached hydrogens (primary N) is 1. The van der Waals surface area contributed by atoms with Crippen molar-refractivity contribution in [1.29, 1.82) is 5.41 Å². The minimum Gasteiger partial charge on any atom is -0.489 e. The maximum Gasteiger partial charge on any atom is 0.257 e. The van der Waals surface area contributed by atoms with Gasteiger partial charge in [-0.25, -0.2) is 0 Å². The van der Waals surface area contributed by atoms with Gasteiger partial charge in [0.2, 0.25) is 0 Å². The van der Waals surface area contributed by atoms with Crippen LogP contribution in [0.5, 0.6) is 11.5 Å². The zero-order valence-corrected chi connectivity index (χ0v) is 19.2. The number of ether oxygens (including phenoxy) is 2. The zero-order valence-electron chi connectivity index (χ0n) is 18.4. The monoisotopic (exact) mass is 481 g/mol. The van der Waals surface area contributed by atoms with Gasteiger partial charge in [-0.2, -0.15) is 0 Å². The highest BCUT2D eigenvalue weighted by atomic mass is 35.5. The number of halogens is 1. The third-order valence-electron chi connectivity index (χ3n) is 4.74. The number of pyridine rings is 1. The molecule has 0 atom stereocenters. The molecule has 0 radical (unpaired) electrons. The number of rotatable bonds is 10. The number of amidine groups is 1. The quantitative estimate of drug-likeness (QED) is 0.259. The molecule has 1 heterocycles. The molecule has 0 spiro atoms. The lowest BCUT2D eigenvalue weighted by atomic mass is 10.1. The summed E-state index contributed by atoms with van der Waals surface area (Å²) in [5.41, 5.74) is 7.86. The van der Waals surface area contributed by atoms with Crippen molar-refractivity contribution in [1.82, 2.24) is 15.6 Å².